The lowest BCUT2D eigenvalue weighted by Gasteiger charge is -2.15. The summed E-state index contributed by atoms with van der Waals surface area (Å²) in [6.07, 6.45) is 3.50. The van der Waals surface area contributed by atoms with E-state index in [0.29, 0.717) is 5.69 Å². The van der Waals surface area contributed by atoms with Gasteiger partial charge in [0.25, 0.3) is 0 Å². The van der Waals surface area contributed by atoms with Crippen molar-refractivity contribution in [3.8, 4) is 0 Å². The van der Waals surface area contributed by atoms with Gasteiger partial charge in [-0.1, -0.05) is 6.07 Å². The molecule has 6 heteroatoms. The number of hydrogen-bond donors (Lipinski definition) is 2. The van der Waals surface area contributed by atoms with Crippen molar-refractivity contribution in [2.45, 2.75) is 33.4 Å². The van der Waals surface area contributed by atoms with Gasteiger partial charge >= 0.3 is 0 Å². The Morgan fingerprint density at radius 2 is 2.24 bits per heavy atom. The summed E-state index contributed by atoms with van der Waals surface area (Å²) in [5.41, 5.74) is 2.07. The van der Waals surface area contributed by atoms with Gasteiger partial charge in [-0.15, -0.1) is 0 Å². The van der Waals surface area contributed by atoms with Crippen molar-refractivity contribution in [1.29, 1.82) is 0 Å². The maximum atomic E-state index is 13.2. The van der Waals surface area contributed by atoms with Crippen LogP contribution in [0.25, 0.3) is 0 Å². The first-order chi connectivity index (χ1) is 9.99. The Morgan fingerprint density at radius 1 is 1.48 bits per heavy atom. The average molecular weight is 290 g/mol. The first-order valence-corrected chi connectivity index (χ1v) is 6.85. The Morgan fingerprint density at radius 3 is 2.90 bits per heavy atom. The molecule has 2 rings (SSSR count). The molecule has 1 amide bonds. The zero-order valence-electron chi connectivity index (χ0n) is 12.4. The van der Waals surface area contributed by atoms with E-state index in [2.05, 4.69) is 15.7 Å². The minimum Gasteiger partial charge on any atom is -0.371 e. The predicted octanol–water partition coefficient (Wildman–Crippen LogP) is 2.79. The average Bonchev–Trinajstić information content (AvgIpc) is 2.90. The lowest BCUT2D eigenvalue weighted by Crippen LogP contribution is -2.32. The van der Waals surface area contributed by atoms with E-state index in [9.17, 15) is 9.18 Å². The van der Waals surface area contributed by atoms with E-state index in [0.717, 1.165) is 17.8 Å². The number of halogens is 1. The number of nitrogens with zero attached hydrogens (tertiary/aromatic N) is 2. The molecule has 0 aliphatic rings. The van der Waals surface area contributed by atoms with Crippen LogP contribution in [0.15, 0.2) is 30.6 Å². The fourth-order valence-corrected chi connectivity index (χ4v) is 1.90. The number of aryl methyl sites for hydroxylation is 2. The van der Waals surface area contributed by atoms with Crippen LogP contribution in [0.2, 0.25) is 0 Å². The molecule has 2 N–H and O–H groups in total. The number of carbonyl (C=O) groups is 1. The monoisotopic (exact) mass is 290 g/mol. The van der Waals surface area contributed by atoms with E-state index in [4.69, 9.17) is 0 Å². The van der Waals surface area contributed by atoms with Crippen molar-refractivity contribution in [2.75, 3.05) is 10.6 Å². The molecule has 1 aromatic heterocycles. The van der Waals surface area contributed by atoms with Gasteiger partial charge in [-0.2, -0.15) is 5.10 Å². The third kappa shape index (κ3) is 3.81. The van der Waals surface area contributed by atoms with Crippen molar-refractivity contribution in [1.82, 2.24) is 9.78 Å². The second-order valence-electron chi connectivity index (χ2n) is 4.90. The second kappa shape index (κ2) is 6.39. The lowest BCUT2D eigenvalue weighted by atomic mass is 10.2. The highest BCUT2D eigenvalue weighted by Gasteiger charge is 2.14. The SMILES string of the molecule is CCn1cc(NC(C)C(=O)Nc2cc(F)ccc2C)cn1. The summed E-state index contributed by atoms with van der Waals surface area (Å²) in [5, 5.41) is 9.91. The van der Waals surface area contributed by atoms with Crippen LogP contribution in [0.5, 0.6) is 0 Å². The maximum absolute atomic E-state index is 13.2. The lowest BCUT2D eigenvalue weighted by molar-refractivity contribution is -0.116. The van der Waals surface area contributed by atoms with Crippen LogP contribution >= 0.6 is 0 Å². The zero-order valence-corrected chi connectivity index (χ0v) is 12.4. The quantitative estimate of drug-likeness (QED) is 0.890. The molecule has 0 radical (unpaired) electrons. The number of hydrogen-bond acceptors (Lipinski definition) is 3. The molecule has 0 saturated carbocycles. The smallest absolute Gasteiger partial charge is 0.246 e. The Labute approximate surface area is 123 Å². The fourth-order valence-electron chi connectivity index (χ4n) is 1.90. The minimum absolute atomic E-state index is 0.229. The first-order valence-electron chi connectivity index (χ1n) is 6.85. The molecule has 0 saturated heterocycles. The first kappa shape index (κ1) is 15.0. The van der Waals surface area contributed by atoms with Crippen LogP contribution in [0.4, 0.5) is 15.8 Å². The van der Waals surface area contributed by atoms with Crippen molar-refractivity contribution >= 4 is 17.3 Å². The summed E-state index contributed by atoms with van der Waals surface area (Å²) in [6.45, 7) is 6.32. The van der Waals surface area contributed by atoms with Gasteiger partial charge in [-0.3, -0.25) is 9.48 Å². The number of rotatable bonds is 5. The molecular formula is C15H19FN4O. The van der Waals surface area contributed by atoms with Gasteiger partial charge in [-0.05, 0) is 38.5 Å². The van der Waals surface area contributed by atoms with E-state index in [1.54, 1.807) is 23.9 Å². The van der Waals surface area contributed by atoms with Gasteiger partial charge in [0.05, 0.1) is 11.9 Å². The van der Waals surface area contributed by atoms with E-state index in [1.807, 2.05) is 20.0 Å². The minimum atomic E-state index is -0.456. The number of carbonyl (C=O) groups excluding carboxylic acids is 1. The van der Waals surface area contributed by atoms with Crippen LogP contribution in [-0.2, 0) is 11.3 Å². The van der Waals surface area contributed by atoms with Crippen LogP contribution in [0.1, 0.15) is 19.4 Å². The fraction of sp³-hybridized carbons (Fsp3) is 0.333. The van der Waals surface area contributed by atoms with E-state index in [1.165, 1.54) is 12.1 Å². The molecule has 0 fully saturated rings. The second-order valence-corrected chi connectivity index (χ2v) is 4.90. The highest BCUT2D eigenvalue weighted by atomic mass is 19.1. The van der Waals surface area contributed by atoms with Gasteiger partial charge in [0, 0.05) is 18.4 Å². The molecule has 21 heavy (non-hydrogen) atoms. The Balaban J connectivity index is 2.00. The number of aromatic nitrogens is 2. The molecule has 0 spiro atoms. The number of anilines is 2. The summed E-state index contributed by atoms with van der Waals surface area (Å²) < 4.78 is 15.0. The number of nitrogens with one attached hydrogen (secondary N) is 2. The molecule has 112 valence electrons. The molecule has 0 bridgehead atoms. The molecule has 5 nitrogen and oxygen atoms in total. The van der Waals surface area contributed by atoms with Crippen molar-refractivity contribution in [3.63, 3.8) is 0 Å². The molecule has 0 aliphatic carbocycles. The van der Waals surface area contributed by atoms with Crippen LogP contribution in [-0.4, -0.2) is 21.7 Å². The largest absolute Gasteiger partial charge is 0.371 e. The predicted molar refractivity (Wildman–Crippen MR) is 80.8 cm³/mol. The summed E-state index contributed by atoms with van der Waals surface area (Å²) in [6, 6.07) is 3.86. The molecule has 0 aliphatic heterocycles. The highest BCUT2D eigenvalue weighted by molar-refractivity contribution is 5.96. The third-order valence-electron chi connectivity index (χ3n) is 3.19. The zero-order chi connectivity index (χ0) is 15.4. The molecule has 1 atom stereocenters. The van der Waals surface area contributed by atoms with Gasteiger partial charge < -0.3 is 10.6 Å². The van der Waals surface area contributed by atoms with Crippen LogP contribution in [0, 0.1) is 12.7 Å². The van der Waals surface area contributed by atoms with E-state index >= 15 is 0 Å². The van der Waals surface area contributed by atoms with Crippen LogP contribution < -0.4 is 10.6 Å². The standard InChI is InChI=1S/C15H19FN4O/c1-4-20-9-13(8-17-20)18-11(3)15(21)19-14-7-12(16)6-5-10(14)2/h5-9,11,18H,4H2,1-3H3,(H,19,21). The number of benzene rings is 1. The topological polar surface area (TPSA) is 59.0 Å². The Hall–Kier alpha value is -2.37. The summed E-state index contributed by atoms with van der Waals surface area (Å²) >= 11 is 0. The summed E-state index contributed by atoms with van der Waals surface area (Å²) in [4.78, 5) is 12.1. The normalized spacial score (nSPS) is 12.0. The molecular weight excluding hydrogens is 271 g/mol. The third-order valence-corrected chi connectivity index (χ3v) is 3.19. The molecule has 1 heterocycles. The van der Waals surface area contributed by atoms with Crippen molar-refractivity contribution in [2.24, 2.45) is 0 Å². The number of amides is 1. The van der Waals surface area contributed by atoms with Gasteiger partial charge in [-0.25, -0.2) is 4.39 Å². The van der Waals surface area contributed by atoms with Gasteiger partial charge in [0.2, 0.25) is 5.91 Å². The van der Waals surface area contributed by atoms with Crippen LogP contribution in [0.3, 0.4) is 0 Å². The summed E-state index contributed by atoms with van der Waals surface area (Å²) in [7, 11) is 0. The Kier molecular flexibility index (Phi) is 4.57. The van der Waals surface area contributed by atoms with Crippen molar-refractivity contribution < 1.29 is 9.18 Å². The van der Waals surface area contributed by atoms with Gasteiger partial charge in [0.15, 0.2) is 0 Å². The molecule has 1 aromatic carbocycles. The highest BCUT2D eigenvalue weighted by Crippen LogP contribution is 2.16. The molecule has 2 aromatic rings. The maximum Gasteiger partial charge on any atom is 0.246 e. The van der Waals surface area contributed by atoms with E-state index < -0.39 is 6.04 Å². The van der Waals surface area contributed by atoms with Crippen molar-refractivity contribution in [3.05, 3.63) is 42.0 Å². The van der Waals surface area contributed by atoms with Gasteiger partial charge in [0.1, 0.15) is 11.9 Å². The Bertz CT molecular complexity index is 638. The molecule has 1 unspecified atom stereocenters. The summed E-state index contributed by atoms with van der Waals surface area (Å²) in [5.74, 6) is -0.603. The van der Waals surface area contributed by atoms with E-state index in [-0.39, 0.29) is 11.7 Å².